The Labute approximate surface area is 700 Å². The lowest BCUT2D eigenvalue weighted by Crippen LogP contribution is -2.39. The first-order chi connectivity index (χ1) is 58.6. The average Bonchev–Trinajstić information content (AvgIpc) is 0.841. The van der Waals surface area contributed by atoms with E-state index in [-0.39, 0.29) is 37.0 Å². The van der Waals surface area contributed by atoms with Gasteiger partial charge in [0.25, 0.3) is 17.7 Å². The molecule has 0 radical (unpaired) electrons. The van der Waals surface area contributed by atoms with Gasteiger partial charge in [-0.05, 0) is 188 Å². The number of morpholine rings is 3. The Morgan fingerprint density at radius 1 is 0.376 bits per heavy atom. The molecule has 6 heterocycles. The smallest absolute Gasteiger partial charge is 0.303 e. The predicted octanol–water partition coefficient (Wildman–Crippen LogP) is 16.9. The second-order valence-corrected chi connectivity index (χ2v) is 30.5. The largest absolute Gasteiger partial charge is 0.493 e. The molecule has 0 saturated carbocycles. The molecular weight excluding hydrogens is 1520 g/mol. The highest BCUT2D eigenvalue weighted by Crippen LogP contribution is 2.30. The number of carbonyl (C=O) groups excluding carboxylic acids is 3. The van der Waals surface area contributed by atoms with Gasteiger partial charge in [0.1, 0.15) is 17.2 Å². The highest BCUT2D eigenvalue weighted by atomic mass is 32.1. The molecule has 12 rings (SSSR count). The predicted molar refractivity (Wildman–Crippen MR) is 458 cm³/mol. The molecular formula is C93H114N6O16S2. The molecule has 3 saturated heterocycles. The van der Waals surface area contributed by atoms with Crippen molar-refractivity contribution in [2.45, 2.75) is 116 Å². The van der Waals surface area contributed by atoms with Crippen molar-refractivity contribution in [3.8, 4) is 49.9 Å². The van der Waals surface area contributed by atoms with Gasteiger partial charge in [0.05, 0.1) is 76.1 Å². The van der Waals surface area contributed by atoms with Gasteiger partial charge in [-0.15, -0.1) is 11.3 Å². The van der Waals surface area contributed by atoms with Crippen molar-refractivity contribution in [2.24, 2.45) is 0 Å². The monoisotopic (exact) mass is 1640 g/mol. The van der Waals surface area contributed by atoms with Crippen LogP contribution in [0.25, 0.3) is 32.7 Å². The Kier molecular flexibility index (Phi) is 36.7. The third-order valence-electron chi connectivity index (χ3n) is 20.1. The van der Waals surface area contributed by atoms with E-state index in [4.69, 9.17) is 48.2 Å². The third kappa shape index (κ3) is 31.4. The van der Waals surface area contributed by atoms with E-state index < -0.39 is 37.5 Å². The summed E-state index contributed by atoms with van der Waals surface area (Å²) in [6.07, 6.45) is 12.2. The van der Waals surface area contributed by atoms with Gasteiger partial charge in [0.2, 0.25) is 0 Å². The molecule has 3 atom stereocenters. The molecule has 3 fully saturated rings. The van der Waals surface area contributed by atoms with E-state index in [1.807, 2.05) is 156 Å². The lowest BCUT2D eigenvalue weighted by molar-refractivity contribution is -0.138. The summed E-state index contributed by atoms with van der Waals surface area (Å²) in [6, 6.07) is 52.8. The van der Waals surface area contributed by atoms with Gasteiger partial charge in [-0.25, -0.2) is 0 Å². The molecule has 0 aliphatic carbocycles. The summed E-state index contributed by atoms with van der Waals surface area (Å²) in [5.74, 6) is -1.19. The van der Waals surface area contributed by atoms with Crippen molar-refractivity contribution in [1.29, 1.82) is 0 Å². The van der Waals surface area contributed by atoms with Crippen LogP contribution in [0.4, 0.5) is 0 Å². The SMILES string of the molecule is [2H]C(c1ccccc1OCCCCCC(=O)O)N(CCCN1CCOCC1)C(=O)c1ccc(-c2cccs2)cc1.[2H]C(c1ccccc1OCCCCCC(=O)O)N(CCCN1CCOCC1)C(=O)c1ccc(-c2ccoc2)cc1.[2H]C(c1ccccc1OCCCCCC(=O)O)N(CCCN1CCOCC1)C(=O)c1ccc(-c2ccsc2)cc1. The Hall–Kier alpha value is -10.0. The molecule has 22 nitrogen and oxygen atoms in total. The van der Waals surface area contributed by atoms with E-state index in [0.29, 0.717) is 123 Å². The average molecular weight is 1640 g/mol. The summed E-state index contributed by atoms with van der Waals surface area (Å²) >= 11 is 3.29. The van der Waals surface area contributed by atoms with Crippen LogP contribution >= 0.6 is 22.7 Å². The minimum Gasteiger partial charge on any atom is -0.493 e. The second-order valence-electron chi connectivity index (χ2n) is 28.8. The highest BCUT2D eigenvalue weighted by Gasteiger charge is 2.24. The summed E-state index contributed by atoms with van der Waals surface area (Å²) in [7, 11) is 0. The van der Waals surface area contributed by atoms with Crippen molar-refractivity contribution < 1.29 is 81.0 Å². The molecule has 24 heteroatoms. The molecule has 0 bridgehead atoms. The maximum atomic E-state index is 13.8. The number of carboxylic acid groups (broad SMARTS) is 3. The number of para-hydroxylation sites is 3. The number of carbonyl (C=O) groups is 6. The molecule has 3 unspecified atom stereocenters. The zero-order valence-corrected chi connectivity index (χ0v) is 68.5. The van der Waals surface area contributed by atoms with Crippen LogP contribution in [0.2, 0.25) is 0 Å². The maximum Gasteiger partial charge on any atom is 0.303 e. The first-order valence-electron chi connectivity index (χ1n) is 42.6. The van der Waals surface area contributed by atoms with E-state index in [1.54, 1.807) is 62.0 Å². The van der Waals surface area contributed by atoms with Crippen molar-refractivity contribution in [2.75, 3.05) is 138 Å². The van der Waals surface area contributed by atoms with Crippen LogP contribution in [0.5, 0.6) is 17.2 Å². The lowest BCUT2D eigenvalue weighted by Gasteiger charge is -2.29. The van der Waals surface area contributed by atoms with Crippen LogP contribution in [0, 0.1) is 0 Å². The van der Waals surface area contributed by atoms with Crippen LogP contribution in [0.15, 0.2) is 203 Å². The first kappa shape index (κ1) is 84.9. The Balaban J connectivity index is 0.000000189. The van der Waals surface area contributed by atoms with Crippen molar-refractivity contribution in [1.82, 2.24) is 29.4 Å². The van der Waals surface area contributed by atoms with Crippen LogP contribution < -0.4 is 14.2 Å². The summed E-state index contributed by atoms with van der Waals surface area (Å²) in [6.45, 7) is 11.9. The molecule has 624 valence electrons. The van der Waals surface area contributed by atoms with Gasteiger partial charge >= 0.3 is 17.9 Å². The van der Waals surface area contributed by atoms with Crippen molar-refractivity contribution in [3.63, 3.8) is 0 Å². The maximum absolute atomic E-state index is 13.8. The number of hydrogen-bond acceptors (Lipinski definition) is 18. The molecule has 3 aliphatic rings. The number of furan rings is 1. The molecule has 3 N–H and O–H groups in total. The zero-order valence-electron chi connectivity index (χ0n) is 69.9. The molecule has 9 aromatic rings. The number of rotatable bonds is 45. The van der Waals surface area contributed by atoms with E-state index in [1.165, 1.54) is 0 Å². The standard InChI is InChI=1S/C31H38N2O6.2C31H38N2O5S/c34-30(35)9-2-1-5-19-39-29-8-4-3-7-27(29)23-33(16-6-15-32-17-21-37-22-18-32)31(36)26-12-10-25(11-13-26)28-14-20-38-24-28;34-30(35)11-2-1-5-20-38-28-9-4-3-8-27(28)24-33(17-7-16-32-18-21-37-22-19-32)31(36)26-14-12-25(13-15-26)29-10-6-23-39-29;34-30(35)9-2-1-5-19-38-29-8-4-3-7-27(29)23-33(16-6-15-32-17-20-37-21-18-32)31(36)26-12-10-25(11-13-26)28-14-22-39-24-28/h3-4,7-8,10-14,20,24H,1-2,5-6,9,15-19,21-23H2,(H,34,35);3-4,6,8-10,12-15,23H,1-2,5,7,11,16-22,24H2,(H,34,35);3-4,7-8,10-14,22,24H,1-2,5-6,9,15-21,23H2,(H,34,35)/i23D;24D;23D. The van der Waals surface area contributed by atoms with Gasteiger partial charge in [-0.1, -0.05) is 97.1 Å². The summed E-state index contributed by atoms with van der Waals surface area (Å²) in [5.41, 5.74) is 8.68. The van der Waals surface area contributed by atoms with Crippen molar-refractivity contribution >= 4 is 58.3 Å². The normalized spacial score (nSPS) is 14.9. The van der Waals surface area contributed by atoms with Crippen LogP contribution in [-0.2, 0) is 48.2 Å². The molecule has 3 aliphatic heterocycles. The minimum absolute atomic E-state index is 0.149. The fourth-order valence-corrected chi connectivity index (χ4v) is 15.0. The number of hydrogen-bond donors (Lipinski definition) is 3. The summed E-state index contributed by atoms with van der Waals surface area (Å²) in [4.78, 5) is 86.7. The van der Waals surface area contributed by atoms with Gasteiger partial charge < -0.3 is 62.9 Å². The van der Waals surface area contributed by atoms with Crippen LogP contribution in [0.3, 0.4) is 0 Å². The Bertz CT molecular complexity index is 4040. The molecule has 3 aromatic heterocycles. The van der Waals surface area contributed by atoms with E-state index in [9.17, 15) is 32.9 Å². The Morgan fingerprint density at radius 2 is 0.735 bits per heavy atom. The number of thiophene rings is 2. The summed E-state index contributed by atoms with van der Waals surface area (Å²) in [5, 5.41) is 32.6. The number of benzene rings is 6. The van der Waals surface area contributed by atoms with E-state index in [2.05, 4.69) is 32.2 Å². The van der Waals surface area contributed by atoms with Crippen LogP contribution in [-0.4, -0.2) is 218 Å². The third-order valence-corrected chi connectivity index (χ3v) is 21.7. The van der Waals surface area contributed by atoms with Crippen molar-refractivity contribution in [3.05, 3.63) is 232 Å². The number of carboxylic acids is 3. The van der Waals surface area contributed by atoms with Gasteiger partial charge in [0.15, 0.2) is 0 Å². The zero-order chi connectivity index (χ0) is 84.5. The van der Waals surface area contributed by atoms with E-state index >= 15 is 0 Å². The Morgan fingerprint density at radius 3 is 1.06 bits per heavy atom. The highest BCUT2D eigenvalue weighted by molar-refractivity contribution is 7.13. The topological polar surface area (TPSA) is 251 Å². The van der Waals surface area contributed by atoms with E-state index in [0.717, 1.165) is 176 Å². The fraction of sp³-hybridized carbons (Fsp3) is 0.419. The van der Waals surface area contributed by atoms with Gasteiger partial charge in [0, 0.05) is 161 Å². The summed E-state index contributed by atoms with van der Waals surface area (Å²) < 4.78 is 67.2. The molecule has 3 amide bonds. The minimum atomic E-state index is -0.950. The number of nitrogens with zero attached hydrogens (tertiary/aromatic N) is 6. The molecule has 6 aromatic carbocycles. The molecule has 117 heavy (non-hydrogen) atoms. The number of aliphatic carboxylic acids is 3. The van der Waals surface area contributed by atoms with Crippen LogP contribution in [0.1, 0.15) is 148 Å². The second kappa shape index (κ2) is 50.6. The van der Waals surface area contributed by atoms with Gasteiger partial charge in [-0.2, -0.15) is 11.3 Å². The number of amides is 3. The first-order valence-corrected chi connectivity index (χ1v) is 42.7. The fourth-order valence-electron chi connectivity index (χ4n) is 13.6. The quantitative estimate of drug-likeness (QED) is 0.0300. The molecule has 0 spiro atoms. The van der Waals surface area contributed by atoms with Gasteiger partial charge in [-0.3, -0.25) is 43.5 Å². The number of unbranched alkanes of at least 4 members (excludes halogenated alkanes) is 6. The number of ether oxygens (including phenoxy) is 6. The lowest BCUT2D eigenvalue weighted by atomic mass is 10.1.